The van der Waals surface area contributed by atoms with E-state index in [1.165, 1.54) is 12.5 Å². The first-order chi connectivity index (χ1) is 9.79. The summed E-state index contributed by atoms with van der Waals surface area (Å²) in [7, 11) is 0. The van der Waals surface area contributed by atoms with Crippen LogP contribution in [-0.2, 0) is 0 Å². The molecule has 0 radical (unpaired) electrons. The lowest BCUT2D eigenvalue weighted by molar-refractivity contribution is 0.0826. The van der Waals surface area contributed by atoms with Crippen LogP contribution in [0.25, 0.3) is 0 Å². The van der Waals surface area contributed by atoms with E-state index in [9.17, 15) is 9.18 Å². The third-order valence-electron chi connectivity index (χ3n) is 4.56. The van der Waals surface area contributed by atoms with Crippen LogP contribution in [0.15, 0.2) is 18.2 Å². The minimum atomic E-state index is -0.443. The van der Waals surface area contributed by atoms with Crippen molar-refractivity contribution in [3.63, 3.8) is 0 Å². The number of benzene rings is 1. The van der Waals surface area contributed by atoms with Crippen molar-refractivity contribution in [2.45, 2.75) is 59.4 Å². The fourth-order valence-corrected chi connectivity index (χ4v) is 3.40. The monoisotopic (exact) mass is 291 g/mol. The molecule has 0 heterocycles. The molecule has 2 nitrogen and oxygen atoms in total. The van der Waals surface area contributed by atoms with Gasteiger partial charge in [0.25, 0.3) is 5.91 Å². The number of carbonyl (C=O) groups is 1. The standard InChI is InChI=1S/C18H26FNO/c1-12-9-10-15(19)13(11-12)17(21)20-16-8-6-5-7-14(16)18(2,3)4/h9-11,14,16H,5-8H2,1-4H3,(H,20,21). The third kappa shape index (κ3) is 3.84. The lowest BCUT2D eigenvalue weighted by Gasteiger charge is -2.40. The van der Waals surface area contributed by atoms with Crippen molar-refractivity contribution < 1.29 is 9.18 Å². The number of aryl methyl sites for hydroxylation is 1. The van der Waals surface area contributed by atoms with Crippen LogP contribution in [0.4, 0.5) is 4.39 Å². The molecule has 1 aliphatic rings. The molecule has 1 aromatic carbocycles. The van der Waals surface area contributed by atoms with Gasteiger partial charge in [0.15, 0.2) is 0 Å². The van der Waals surface area contributed by atoms with Crippen molar-refractivity contribution in [2.75, 3.05) is 0 Å². The molecule has 0 bridgehead atoms. The van der Waals surface area contributed by atoms with Gasteiger partial charge in [-0.2, -0.15) is 0 Å². The van der Waals surface area contributed by atoms with E-state index < -0.39 is 5.82 Å². The number of halogens is 1. The van der Waals surface area contributed by atoms with Crippen molar-refractivity contribution >= 4 is 5.91 Å². The minimum absolute atomic E-state index is 0.145. The smallest absolute Gasteiger partial charge is 0.254 e. The van der Waals surface area contributed by atoms with Crippen molar-refractivity contribution in [2.24, 2.45) is 11.3 Å². The summed E-state index contributed by atoms with van der Waals surface area (Å²) >= 11 is 0. The highest BCUT2D eigenvalue weighted by Crippen LogP contribution is 2.38. The number of carbonyl (C=O) groups excluding carboxylic acids is 1. The quantitative estimate of drug-likeness (QED) is 0.856. The lowest BCUT2D eigenvalue weighted by Crippen LogP contribution is -2.46. The van der Waals surface area contributed by atoms with Gasteiger partial charge in [0.2, 0.25) is 0 Å². The van der Waals surface area contributed by atoms with Crippen LogP contribution < -0.4 is 5.32 Å². The van der Waals surface area contributed by atoms with Gasteiger partial charge in [-0.1, -0.05) is 45.2 Å². The molecule has 116 valence electrons. The fraction of sp³-hybridized carbons (Fsp3) is 0.611. The van der Waals surface area contributed by atoms with Gasteiger partial charge in [-0.05, 0) is 43.2 Å². The average molecular weight is 291 g/mol. The van der Waals surface area contributed by atoms with Gasteiger partial charge in [-0.3, -0.25) is 4.79 Å². The molecule has 2 unspecified atom stereocenters. The minimum Gasteiger partial charge on any atom is -0.349 e. The Morgan fingerprint density at radius 3 is 2.57 bits per heavy atom. The largest absolute Gasteiger partial charge is 0.349 e. The zero-order valence-electron chi connectivity index (χ0n) is 13.5. The lowest BCUT2D eigenvalue weighted by atomic mass is 9.69. The molecule has 2 rings (SSSR count). The first kappa shape index (κ1) is 16.0. The maximum atomic E-state index is 13.8. The van der Waals surface area contributed by atoms with Gasteiger partial charge < -0.3 is 5.32 Å². The maximum Gasteiger partial charge on any atom is 0.254 e. The highest BCUT2D eigenvalue weighted by atomic mass is 19.1. The molecule has 1 amide bonds. The topological polar surface area (TPSA) is 29.1 Å². The van der Waals surface area contributed by atoms with Crippen LogP contribution in [0.1, 0.15) is 62.4 Å². The Bertz CT molecular complexity index is 518. The summed E-state index contributed by atoms with van der Waals surface area (Å²) in [6.45, 7) is 8.52. The van der Waals surface area contributed by atoms with E-state index in [4.69, 9.17) is 0 Å². The summed E-state index contributed by atoms with van der Waals surface area (Å²) in [5.41, 5.74) is 1.22. The average Bonchev–Trinajstić information content (AvgIpc) is 2.41. The Kier molecular flexibility index (Phi) is 4.70. The molecule has 3 heteroatoms. The third-order valence-corrected chi connectivity index (χ3v) is 4.56. The zero-order chi connectivity index (χ0) is 15.6. The summed E-state index contributed by atoms with van der Waals surface area (Å²) in [6, 6.07) is 4.82. The van der Waals surface area contributed by atoms with E-state index in [1.807, 2.05) is 6.92 Å². The maximum absolute atomic E-state index is 13.8. The number of nitrogens with one attached hydrogen (secondary N) is 1. The van der Waals surface area contributed by atoms with Gasteiger partial charge in [-0.15, -0.1) is 0 Å². The van der Waals surface area contributed by atoms with Gasteiger partial charge in [0.1, 0.15) is 5.82 Å². The Hall–Kier alpha value is -1.38. The Morgan fingerprint density at radius 1 is 1.24 bits per heavy atom. The highest BCUT2D eigenvalue weighted by Gasteiger charge is 2.35. The van der Waals surface area contributed by atoms with E-state index in [-0.39, 0.29) is 22.9 Å². The summed E-state index contributed by atoms with van der Waals surface area (Å²) in [5.74, 6) is -0.276. The summed E-state index contributed by atoms with van der Waals surface area (Å²) in [4.78, 5) is 12.4. The molecule has 0 aromatic heterocycles. The molecule has 1 N–H and O–H groups in total. The van der Waals surface area contributed by atoms with Crippen molar-refractivity contribution in [1.82, 2.24) is 5.32 Å². The predicted octanol–water partition coefficient (Wildman–Crippen LogP) is 4.47. The van der Waals surface area contributed by atoms with E-state index in [0.29, 0.717) is 5.92 Å². The van der Waals surface area contributed by atoms with Crippen molar-refractivity contribution in [3.05, 3.63) is 35.1 Å². The van der Waals surface area contributed by atoms with Crippen LogP contribution in [0.2, 0.25) is 0 Å². The van der Waals surface area contributed by atoms with Gasteiger partial charge >= 0.3 is 0 Å². The second-order valence-electron chi connectivity index (χ2n) is 7.32. The molecular formula is C18H26FNO. The van der Waals surface area contributed by atoms with Crippen LogP contribution in [0.5, 0.6) is 0 Å². The van der Waals surface area contributed by atoms with Gasteiger partial charge in [0, 0.05) is 6.04 Å². The molecule has 21 heavy (non-hydrogen) atoms. The second kappa shape index (κ2) is 6.17. The van der Waals surface area contributed by atoms with Crippen molar-refractivity contribution in [3.8, 4) is 0 Å². The van der Waals surface area contributed by atoms with Crippen molar-refractivity contribution in [1.29, 1.82) is 0 Å². The van der Waals surface area contributed by atoms with E-state index in [0.717, 1.165) is 24.8 Å². The summed E-state index contributed by atoms with van der Waals surface area (Å²) < 4.78 is 13.8. The molecule has 1 saturated carbocycles. The first-order valence-corrected chi connectivity index (χ1v) is 7.86. The van der Waals surface area contributed by atoms with Gasteiger partial charge in [0.05, 0.1) is 5.56 Å². The molecular weight excluding hydrogens is 265 g/mol. The fourth-order valence-electron chi connectivity index (χ4n) is 3.40. The van der Waals surface area contributed by atoms with Crippen LogP contribution >= 0.6 is 0 Å². The number of rotatable bonds is 2. The molecule has 1 aliphatic carbocycles. The molecule has 1 fully saturated rings. The van der Waals surface area contributed by atoms with Crippen LogP contribution in [0.3, 0.4) is 0 Å². The normalized spacial score (nSPS) is 22.9. The number of amides is 1. The van der Waals surface area contributed by atoms with E-state index in [2.05, 4.69) is 26.1 Å². The number of hydrogen-bond donors (Lipinski definition) is 1. The SMILES string of the molecule is Cc1ccc(F)c(C(=O)NC2CCCCC2C(C)(C)C)c1. The Balaban J connectivity index is 2.15. The van der Waals surface area contributed by atoms with E-state index in [1.54, 1.807) is 12.1 Å². The molecule has 0 aliphatic heterocycles. The predicted molar refractivity (Wildman–Crippen MR) is 83.8 cm³/mol. The van der Waals surface area contributed by atoms with Crippen LogP contribution in [0, 0.1) is 24.1 Å². The Labute approximate surface area is 127 Å². The molecule has 1 aromatic rings. The highest BCUT2D eigenvalue weighted by molar-refractivity contribution is 5.94. The molecule has 0 saturated heterocycles. The van der Waals surface area contributed by atoms with Gasteiger partial charge in [-0.25, -0.2) is 4.39 Å². The van der Waals surface area contributed by atoms with Crippen LogP contribution in [-0.4, -0.2) is 11.9 Å². The summed E-state index contributed by atoms with van der Waals surface area (Å²) in [5, 5.41) is 3.08. The Morgan fingerprint density at radius 2 is 1.90 bits per heavy atom. The van der Waals surface area contributed by atoms with E-state index >= 15 is 0 Å². The zero-order valence-corrected chi connectivity index (χ0v) is 13.5. The molecule has 0 spiro atoms. The number of hydrogen-bond acceptors (Lipinski definition) is 1. The second-order valence-corrected chi connectivity index (χ2v) is 7.32. The first-order valence-electron chi connectivity index (χ1n) is 7.86. The molecule has 2 atom stereocenters. The summed E-state index contributed by atoms with van der Waals surface area (Å²) in [6.07, 6.45) is 4.47.